The van der Waals surface area contributed by atoms with E-state index in [0.717, 1.165) is 10.6 Å². The quantitative estimate of drug-likeness (QED) is 0.855. The second-order valence-electron chi connectivity index (χ2n) is 4.88. The normalized spacial score (nSPS) is 11.5. The van der Waals surface area contributed by atoms with Gasteiger partial charge in [0.05, 0.1) is 23.5 Å². The molecule has 0 aliphatic heterocycles. The maximum Gasteiger partial charge on any atom is 0.232 e. The molecule has 1 rings (SSSR count). The van der Waals surface area contributed by atoms with E-state index in [1.54, 1.807) is 19.9 Å². The van der Waals surface area contributed by atoms with Crippen molar-refractivity contribution in [3.8, 4) is 0 Å². The van der Waals surface area contributed by atoms with Crippen LogP contribution in [0.25, 0.3) is 0 Å². The Hall–Kier alpha value is -0.980. The van der Waals surface area contributed by atoms with Gasteiger partial charge in [-0.2, -0.15) is 0 Å². The minimum atomic E-state index is -3.54. The van der Waals surface area contributed by atoms with Gasteiger partial charge in [-0.1, -0.05) is 37.0 Å². The molecule has 0 aliphatic rings. The molecule has 0 radical (unpaired) electrons. The zero-order valence-electron chi connectivity index (χ0n) is 12.1. The molecule has 1 aromatic carbocycles. The lowest BCUT2D eigenvalue weighted by atomic mass is 10.2. The third-order valence-corrected chi connectivity index (χ3v) is 4.45. The Morgan fingerprint density at radius 2 is 1.95 bits per heavy atom. The average molecular weight is 353 g/mol. The highest BCUT2D eigenvalue weighted by Crippen LogP contribution is 2.30. The SMILES string of the molecule is CC(C)C(=O)NCCN(c1cc(Cl)ccc1Cl)S(C)(=O)=O. The van der Waals surface area contributed by atoms with Crippen LogP contribution in [0.2, 0.25) is 10.0 Å². The number of halogens is 2. The third-order valence-electron chi connectivity index (χ3n) is 2.72. The van der Waals surface area contributed by atoms with Crippen LogP contribution in [0, 0.1) is 5.92 Å². The Kier molecular flexibility index (Phi) is 6.31. The minimum absolute atomic E-state index is 0.0807. The second-order valence-corrected chi connectivity index (χ2v) is 7.63. The molecule has 0 aromatic heterocycles. The Labute approximate surface area is 135 Å². The standard InChI is InChI=1S/C13H18Cl2N2O3S/c1-9(2)13(18)16-6-7-17(21(3,19)20)12-8-10(14)4-5-11(12)15/h4-5,8-9H,6-7H2,1-3H3,(H,16,18). The number of benzene rings is 1. The molecule has 1 amide bonds. The molecule has 0 spiro atoms. The lowest BCUT2D eigenvalue weighted by Gasteiger charge is -2.24. The van der Waals surface area contributed by atoms with E-state index in [2.05, 4.69) is 5.32 Å². The number of anilines is 1. The van der Waals surface area contributed by atoms with E-state index < -0.39 is 10.0 Å². The summed E-state index contributed by atoms with van der Waals surface area (Å²) in [5, 5.41) is 3.33. The lowest BCUT2D eigenvalue weighted by Crippen LogP contribution is -2.39. The molecule has 0 fully saturated rings. The Balaban J connectivity index is 2.93. The molecule has 5 nitrogen and oxygen atoms in total. The summed E-state index contributed by atoms with van der Waals surface area (Å²) in [6.07, 6.45) is 1.08. The third kappa shape index (κ3) is 5.37. The van der Waals surface area contributed by atoms with Crippen molar-refractivity contribution >= 4 is 44.8 Å². The summed E-state index contributed by atoms with van der Waals surface area (Å²) in [6, 6.07) is 4.59. The molecule has 8 heteroatoms. The van der Waals surface area contributed by atoms with Gasteiger partial charge in [0.15, 0.2) is 0 Å². The number of rotatable bonds is 6. The van der Waals surface area contributed by atoms with Crippen molar-refractivity contribution < 1.29 is 13.2 Å². The molecule has 21 heavy (non-hydrogen) atoms. The Morgan fingerprint density at radius 1 is 1.33 bits per heavy atom. The van der Waals surface area contributed by atoms with Crippen molar-refractivity contribution in [3.63, 3.8) is 0 Å². The van der Waals surface area contributed by atoms with Crippen LogP contribution in [0.15, 0.2) is 18.2 Å². The number of sulfonamides is 1. The van der Waals surface area contributed by atoms with Gasteiger partial charge in [-0.05, 0) is 18.2 Å². The second kappa shape index (κ2) is 7.33. The number of amides is 1. The molecule has 0 aliphatic carbocycles. The van der Waals surface area contributed by atoms with Gasteiger partial charge in [-0.15, -0.1) is 0 Å². The van der Waals surface area contributed by atoms with Crippen LogP contribution >= 0.6 is 23.2 Å². The number of hydrogen-bond acceptors (Lipinski definition) is 3. The zero-order chi connectivity index (χ0) is 16.2. The number of nitrogens with one attached hydrogen (secondary N) is 1. The highest BCUT2D eigenvalue weighted by Gasteiger charge is 2.20. The van der Waals surface area contributed by atoms with Gasteiger partial charge in [0, 0.05) is 17.5 Å². The van der Waals surface area contributed by atoms with Crippen LogP contribution in [0.5, 0.6) is 0 Å². The van der Waals surface area contributed by atoms with Crippen molar-refractivity contribution in [1.29, 1.82) is 0 Å². The highest BCUT2D eigenvalue weighted by molar-refractivity contribution is 7.92. The molecule has 0 bridgehead atoms. The molecule has 118 valence electrons. The predicted molar refractivity (Wildman–Crippen MR) is 86.5 cm³/mol. The summed E-state index contributed by atoms with van der Waals surface area (Å²) in [5.41, 5.74) is 0.297. The minimum Gasteiger partial charge on any atom is -0.354 e. The fourth-order valence-corrected chi connectivity index (χ4v) is 2.99. The van der Waals surface area contributed by atoms with Crippen molar-refractivity contribution in [2.45, 2.75) is 13.8 Å². The first kappa shape index (κ1) is 18.1. The van der Waals surface area contributed by atoms with Crippen LogP contribution < -0.4 is 9.62 Å². The molecule has 0 heterocycles. The Morgan fingerprint density at radius 3 is 2.48 bits per heavy atom. The van der Waals surface area contributed by atoms with Crippen molar-refractivity contribution in [3.05, 3.63) is 28.2 Å². The van der Waals surface area contributed by atoms with E-state index in [1.807, 2.05) is 0 Å². The zero-order valence-corrected chi connectivity index (χ0v) is 14.4. The van der Waals surface area contributed by atoms with Gasteiger partial charge >= 0.3 is 0 Å². The monoisotopic (exact) mass is 352 g/mol. The summed E-state index contributed by atoms with van der Waals surface area (Å²) in [5.74, 6) is -0.299. The number of nitrogens with zero attached hydrogens (tertiary/aromatic N) is 1. The topological polar surface area (TPSA) is 66.5 Å². The van der Waals surface area contributed by atoms with Crippen LogP contribution in [0.4, 0.5) is 5.69 Å². The maximum absolute atomic E-state index is 11.9. The highest BCUT2D eigenvalue weighted by atomic mass is 35.5. The van der Waals surface area contributed by atoms with Crippen LogP contribution in [-0.4, -0.2) is 33.7 Å². The smallest absolute Gasteiger partial charge is 0.232 e. The van der Waals surface area contributed by atoms with Crippen molar-refractivity contribution in [1.82, 2.24) is 5.32 Å². The first-order chi connectivity index (χ1) is 9.62. The van der Waals surface area contributed by atoms with E-state index >= 15 is 0 Å². The molecule has 0 saturated heterocycles. The van der Waals surface area contributed by atoms with E-state index in [-0.39, 0.29) is 29.9 Å². The molecule has 1 N–H and O–H groups in total. The first-order valence-corrected chi connectivity index (χ1v) is 8.94. The summed E-state index contributed by atoms with van der Waals surface area (Å²) in [7, 11) is -3.54. The molecule has 0 atom stereocenters. The fraction of sp³-hybridized carbons (Fsp3) is 0.462. The molecule has 0 saturated carbocycles. The predicted octanol–water partition coefficient (Wildman–Crippen LogP) is 2.53. The van der Waals surface area contributed by atoms with Crippen LogP contribution in [0.3, 0.4) is 0 Å². The molecular formula is C13H18Cl2N2O3S. The summed E-state index contributed by atoms with van der Waals surface area (Å²) in [4.78, 5) is 11.5. The van der Waals surface area contributed by atoms with E-state index in [0.29, 0.717) is 10.7 Å². The Bertz CT molecular complexity index is 618. The van der Waals surface area contributed by atoms with Gasteiger partial charge in [-0.3, -0.25) is 9.10 Å². The van der Waals surface area contributed by atoms with Crippen LogP contribution in [0.1, 0.15) is 13.8 Å². The van der Waals surface area contributed by atoms with Crippen LogP contribution in [-0.2, 0) is 14.8 Å². The van der Waals surface area contributed by atoms with Gasteiger partial charge in [0.25, 0.3) is 0 Å². The van der Waals surface area contributed by atoms with Gasteiger partial charge in [0.2, 0.25) is 15.9 Å². The number of carbonyl (C=O) groups excluding carboxylic acids is 1. The fourth-order valence-electron chi connectivity index (χ4n) is 1.63. The first-order valence-electron chi connectivity index (χ1n) is 6.33. The van der Waals surface area contributed by atoms with Crippen molar-refractivity contribution in [2.75, 3.05) is 23.7 Å². The van der Waals surface area contributed by atoms with E-state index in [1.165, 1.54) is 12.1 Å². The summed E-state index contributed by atoms with van der Waals surface area (Å²) < 4.78 is 25.0. The van der Waals surface area contributed by atoms with Crippen molar-refractivity contribution in [2.24, 2.45) is 5.92 Å². The molecule has 0 unspecified atom stereocenters. The van der Waals surface area contributed by atoms with Gasteiger partial charge in [-0.25, -0.2) is 8.42 Å². The molecular weight excluding hydrogens is 335 g/mol. The molecule has 1 aromatic rings. The maximum atomic E-state index is 11.9. The number of hydrogen-bond donors (Lipinski definition) is 1. The summed E-state index contributed by atoms with van der Waals surface area (Å²) >= 11 is 11.9. The van der Waals surface area contributed by atoms with E-state index in [4.69, 9.17) is 23.2 Å². The van der Waals surface area contributed by atoms with Gasteiger partial charge < -0.3 is 5.32 Å². The summed E-state index contributed by atoms with van der Waals surface area (Å²) in [6.45, 7) is 3.79. The largest absolute Gasteiger partial charge is 0.354 e. The van der Waals surface area contributed by atoms with Gasteiger partial charge in [0.1, 0.15) is 0 Å². The number of carbonyl (C=O) groups is 1. The average Bonchev–Trinajstić information content (AvgIpc) is 2.36. The van der Waals surface area contributed by atoms with E-state index in [9.17, 15) is 13.2 Å². The lowest BCUT2D eigenvalue weighted by molar-refractivity contribution is -0.123.